The minimum absolute atomic E-state index is 0.0147. The Kier molecular flexibility index (Phi) is 3.69. The number of nitrogen functional groups attached to an aromatic ring is 1. The first-order valence-electron chi connectivity index (χ1n) is 8.02. The zero-order valence-electron chi connectivity index (χ0n) is 12.7. The molecule has 4 rings (SSSR count). The van der Waals surface area contributed by atoms with Gasteiger partial charge in [-0.3, -0.25) is 4.79 Å². The Labute approximate surface area is 138 Å². The first-order chi connectivity index (χ1) is 11.2. The van der Waals surface area contributed by atoms with Crippen molar-refractivity contribution in [1.29, 1.82) is 0 Å². The fourth-order valence-corrected chi connectivity index (χ4v) is 4.30. The summed E-state index contributed by atoms with van der Waals surface area (Å²) < 4.78 is 6.00. The minimum atomic E-state index is -0.0147. The second kappa shape index (κ2) is 5.85. The molecule has 1 fully saturated rings. The Morgan fingerprint density at radius 1 is 1.22 bits per heavy atom. The third-order valence-electron chi connectivity index (χ3n) is 4.52. The lowest BCUT2D eigenvalue weighted by Gasteiger charge is -2.22. The van der Waals surface area contributed by atoms with Crippen LogP contribution in [0.3, 0.4) is 0 Å². The van der Waals surface area contributed by atoms with Gasteiger partial charge in [-0.25, -0.2) is 4.98 Å². The Balaban J connectivity index is 1.56. The lowest BCUT2D eigenvalue weighted by Crippen LogP contribution is -2.22. The maximum Gasteiger partial charge on any atom is 0.226 e. The van der Waals surface area contributed by atoms with Gasteiger partial charge in [0.25, 0.3) is 0 Å². The molecule has 0 unspecified atom stereocenters. The summed E-state index contributed by atoms with van der Waals surface area (Å²) in [5.74, 6) is 1.53. The van der Waals surface area contributed by atoms with Crippen LogP contribution < -0.4 is 15.8 Å². The molecule has 5 nitrogen and oxygen atoms in total. The van der Waals surface area contributed by atoms with E-state index < -0.39 is 0 Å². The topological polar surface area (TPSA) is 77.2 Å². The summed E-state index contributed by atoms with van der Waals surface area (Å²) in [5.41, 5.74) is 6.90. The minimum Gasteiger partial charge on any atom is -0.490 e. The van der Waals surface area contributed by atoms with Gasteiger partial charge in [-0.15, -0.1) is 0 Å². The predicted octanol–water partition coefficient (Wildman–Crippen LogP) is 3.52. The van der Waals surface area contributed by atoms with E-state index in [2.05, 4.69) is 10.3 Å². The van der Waals surface area contributed by atoms with E-state index in [1.54, 1.807) is 0 Å². The number of rotatable bonds is 3. The van der Waals surface area contributed by atoms with Gasteiger partial charge in [-0.05, 0) is 43.4 Å². The van der Waals surface area contributed by atoms with Crippen LogP contribution in [-0.2, 0) is 4.79 Å². The van der Waals surface area contributed by atoms with Gasteiger partial charge in [0.05, 0.1) is 11.0 Å². The van der Waals surface area contributed by atoms with E-state index in [-0.39, 0.29) is 11.8 Å². The normalized spacial score (nSPS) is 21.0. The highest BCUT2D eigenvalue weighted by Gasteiger charge is 2.30. The number of aromatic nitrogens is 1. The van der Waals surface area contributed by atoms with Crippen LogP contribution >= 0.6 is 11.3 Å². The van der Waals surface area contributed by atoms with E-state index in [0.29, 0.717) is 23.5 Å². The average Bonchev–Trinajstić information content (AvgIpc) is 3.16. The zero-order valence-corrected chi connectivity index (χ0v) is 13.6. The monoisotopic (exact) mass is 329 g/mol. The van der Waals surface area contributed by atoms with E-state index in [1.165, 1.54) is 24.2 Å². The molecule has 1 amide bonds. The molecule has 2 aromatic rings. The van der Waals surface area contributed by atoms with E-state index in [0.717, 1.165) is 29.0 Å². The van der Waals surface area contributed by atoms with Crippen molar-refractivity contribution in [3.8, 4) is 5.75 Å². The summed E-state index contributed by atoms with van der Waals surface area (Å²) in [5, 5.41) is 3.29. The van der Waals surface area contributed by atoms with Crippen molar-refractivity contribution in [3.05, 3.63) is 34.7 Å². The molecule has 2 heterocycles. The maximum atomic E-state index is 11.9. The number of nitrogens with two attached hydrogens (primary N) is 1. The smallest absolute Gasteiger partial charge is 0.226 e. The third-order valence-corrected chi connectivity index (χ3v) is 5.52. The molecule has 2 aliphatic rings. The Hall–Kier alpha value is -2.08. The fraction of sp³-hybridized carbons (Fsp3) is 0.412. The molecular formula is C17H19N3O2S. The Bertz CT molecular complexity index is 720. The second-order valence-corrected chi connectivity index (χ2v) is 7.23. The molecule has 120 valence electrons. The number of ether oxygens (including phenoxy) is 1. The number of anilines is 2. The number of fused-ring (bicyclic) bond motifs is 1. The van der Waals surface area contributed by atoms with Crippen molar-refractivity contribution in [2.24, 2.45) is 0 Å². The van der Waals surface area contributed by atoms with Crippen LogP contribution in [0, 0.1) is 0 Å². The molecule has 6 heteroatoms. The zero-order chi connectivity index (χ0) is 15.8. The van der Waals surface area contributed by atoms with Crippen molar-refractivity contribution < 1.29 is 9.53 Å². The van der Waals surface area contributed by atoms with Gasteiger partial charge >= 0.3 is 0 Å². The van der Waals surface area contributed by atoms with E-state index in [1.807, 2.05) is 24.3 Å². The standard InChI is InChI=1S/C17H19N3O2S/c18-17-20-16-15(23-17)13(9-14(21)19-16)10-5-7-12(8-6-10)22-11-3-1-2-4-11/h5-8,11,13H,1-4,9H2,(H2,18,20)(H,19,21)/t13-/m1/s1. The molecule has 0 saturated heterocycles. The molecule has 1 saturated carbocycles. The van der Waals surface area contributed by atoms with Crippen LogP contribution in [0.15, 0.2) is 24.3 Å². The largest absolute Gasteiger partial charge is 0.490 e. The van der Waals surface area contributed by atoms with Crippen molar-refractivity contribution in [2.75, 3.05) is 11.1 Å². The number of benzene rings is 1. The highest BCUT2D eigenvalue weighted by Crippen LogP contribution is 2.41. The molecule has 23 heavy (non-hydrogen) atoms. The number of hydrogen-bond acceptors (Lipinski definition) is 5. The SMILES string of the molecule is Nc1nc2c(s1)[C@@H](c1ccc(OC3CCCC3)cc1)CC(=O)N2. The molecule has 0 bridgehead atoms. The van der Waals surface area contributed by atoms with Crippen LogP contribution in [0.2, 0.25) is 0 Å². The highest BCUT2D eigenvalue weighted by molar-refractivity contribution is 7.16. The highest BCUT2D eigenvalue weighted by atomic mass is 32.1. The lowest BCUT2D eigenvalue weighted by atomic mass is 9.91. The molecule has 1 aliphatic carbocycles. The summed E-state index contributed by atoms with van der Waals surface area (Å²) in [7, 11) is 0. The quantitative estimate of drug-likeness (QED) is 0.903. The van der Waals surface area contributed by atoms with Crippen LogP contribution in [0.5, 0.6) is 5.75 Å². The molecule has 3 N–H and O–H groups in total. The molecule has 1 aromatic carbocycles. The molecule has 1 aromatic heterocycles. The average molecular weight is 329 g/mol. The van der Waals surface area contributed by atoms with Gasteiger partial charge in [0.1, 0.15) is 11.6 Å². The van der Waals surface area contributed by atoms with Crippen molar-refractivity contribution in [2.45, 2.75) is 44.1 Å². The van der Waals surface area contributed by atoms with Gasteiger partial charge in [0, 0.05) is 12.3 Å². The number of thiazole rings is 1. The fourth-order valence-electron chi connectivity index (χ4n) is 3.38. The van der Waals surface area contributed by atoms with Gasteiger partial charge < -0.3 is 15.8 Å². The van der Waals surface area contributed by atoms with Gasteiger partial charge in [0.2, 0.25) is 5.91 Å². The molecule has 1 atom stereocenters. The summed E-state index contributed by atoms with van der Waals surface area (Å²) >= 11 is 1.45. The Morgan fingerprint density at radius 3 is 2.70 bits per heavy atom. The Morgan fingerprint density at radius 2 is 1.96 bits per heavy atom. The van der Waals surface area contributed by atoms with Crippen LogP contribution in [0.4, 0.5) is 10.9 Å². The van der Waals surface area contributed by atoms with E-state index in [9.17, 15) is 4.79 Å². The summed E-state index contributed by atoms with van der Waals surface area (Å²) in [6.45, 7) is 0. The number of amides is 1. The van der Waals surface area contributed by atoms with Gasteiger partial charge in [0.15, 0.2) is 5.13 Å². The number of carbonyl (C=O) groups excluding carboxylic acids is 1. The third kappa shape index (κ3) is 2.91. The van der Waals surface area contributed by atoms with Crippen molar-refractivity contribution in [1.82, 2.24) is 4.98 Å². The predicted molar refractivity (Wildman–Crippen MR) is 90.9 cm³/mol. The van der Waals surface area contributed by atoms with Gasteiger partial charge in [-0.1, -0.05) is 23.5 Å². The van der Waals surface area contributed by atoms with Crippen LogP contribution in [0.25, 0.3) is 0 Å². The van der Waals surface area contributed by atoms with E-state index >= 15 is 0 Å². The van der Waals surface area contributed by atoms with E-state index in [4.69, 9.17) is 10.5 Å². The molecular weight excluding hydrogens is 310 g/mol. The van der Waals surface area contributed by atoms with Crippen molar-refractivity contribution >= 4 is 28.2 Å². The first kappa shape index (κ1) is 14.5. The van der Waals surface area contributed by atoms with Crippen LogP contribution in [0.1, 0.15) is 48.5 Å². The molecule has 0 radical (unpaired) electrons. The summed E-state index contributed by atoms with van der Waals surface area (Å²) in [6.07, 6.45) is 5.60. The first-order valence-corrected chi connectivity index (χ1v) is 8.83. The second-order valence-electron chi connectivity index (χ2n) is 6.16. The summed E-state index contributed by atoms with van der Waals surface area (Å²) in [6, 6.07) is 8.11. The summed E-state index contributed by atoms with van der Waals surface area (Å²) in [4.78, 5) is 17.1. The number of nitrogens with zero attached hydrogens (tertiary/aromatic N) is 1. The number of carbonyl (C=O) groups is 1. The lowest BCUT2D eigenvalue weighted by molar-refractivity contribution is -0.116. The maximum absolute atomic E-state index is 11.9. The number of hydrogen-bond donors (Lipinski definition) is 2. The van der Waals surface area contributed by atoms with Crippen LogP contribution in [-0.4, -0.2) is 17.0 Å². The molecule has 1 aliphatic heterocycles. The molecule has 0 spiro atoms. The number of nitrogens with one attached hydrogen (secondary N) is 1. The van der Waals surface area contributed by atoms with Crippen molar-refractivity contribution in [3.63, 3.8) is 0 Å². The van der Waals surface area contributed by atoms with Gasteiger partial charge in [-0.2, -0.15) is 0 Å².